The molecule has 0 atom stereocenters. The van der Waals surface area contributed by atoms with Crippen LogP contribution < -0.4 is 0 Å². The number of halogens is 4. The SMILES string of the molecule is CCCCN1C=C(C(C)(C)C)SC1=CC(=O)c1cnc(Cl)cc1C(F)(F)F. The lowest BCUT2D eigenvalue weighted by Gasteiger charge is -2.18. The van der Waals surface area contributed by atoms with Crippen LogP contribution in [0, 0.1) is 5.41 Å². The Morgan fingerprint density at radius 1 is 1.33 bits per heavy atom. The normalized spacial score (nSPS) is 16.8. The average molecular weight is 419 g/mol. The molecule has 27 heavy (non-hydrogen) atoms. The van der Waals surface area contributed by atoms with Crippen molar-refractivity contribution in [2.24, 2.45) is 5.41 Å². The number of carbonyl (C=O) groups excluding carboxylic acids is 1. The first-order chi connectivity index (χ1) is 12.4. The number of hydrogen-bond donors (Lipinski definition) is 0. The second-order valence-electron chi connectivity index (χ2n) is 7.29. The lowest BCUT2D eigenvalue weighted by atomic mass is 9.96. The van der Waals surface area contributed by atoms with Crippen LogP contribution >= 0.6 is 23.4 Å². The van der Waals surface area contributed by atoms with Gasteiger partial charge in [-0.3, -0.25) is 4.79 Å². The maximum atomic E-state index is 13.3. The van der Waals surface area contributed by atoms with Crippen LogP contribution in [0.3, 0.4) is 0 Å². The Bertz CT molecular complexity index is 782. The number of aromatic nitrogens is 1. The smallest absolute Gasteiger partial charge is 0.342 e. The highest BCUT2D eigenvalue weighted by molar-refractivity contribution is 8.07. The Hall–Kier alpha value is -1.47. The summed E-state index contributed by atoms with van der Waals surface area (Å²) in [7, 11) is 0. The summed E-state index contributed by atoms with van der Waals surface area (Å²) in [6, 6.07) is 0.683. The molecule has 0 bridgehead atoms. The van der Waals surface area contributed by atoms with Gasteiger partial charge in [-0.05, 0) is 17.9 Å². The zero-order valence-electron chi connectivity index (χ0n) is 15.7. The fraction of sp³-hybridized carbons (Fsp3) is 0.474. The number of thioether (sulfide) groups is 1. The maximum absolute atomic E-state index is 13.3. The van der Waals surface area contributed by atoms with Crippen LogP contribution in [0.1, 0.15) is 56.5 Å². The Morgan fingerprint density at radius 3 is 2.56 bits per heavy atom. The van der Waals surface area contributed by atoms with Gasteiger partial charge in [0.25, 0.3) is 0 Å². The third-order valence-electron chi connectivity index (χ3n) is 3.96. The first-order valence-electron chi connectivity index (χ1n) is 8.59. The van der Waals surface area contributed by atoms with E-state index in [9.17, 15) is 18.0 Å². The molecule has 148 valence electrons. The Kier molecular flexibility index (Phi) is 6.68. The minimum atomic E-state index is -4.68. The molecule has 2 rings (SSSR count). The van der Waals surface area contributed by atoms with Gasteiger partial charge < -0.3 is 4.90 Å². The Morgan fingerprint density at radius 2 is 2.00 bits per heavy atom. The highest BCUT2D eigenvalue weighted by Crippen LogP contribution is 2.45. The molecule has 1 aromatic rings. The molecular weight excluding hydrogens is 397 g/mol. The third kappa shape index (κ3) is 5.51. The van der Waals surface area contributed by atoms with Crippen molar-refractivity contribution < 1.29 is 18.0 Å². The molecule has 2 heterocycles. The lowest BCUT2D eigenvalue weighted by Crippen LogP contribution is -2.16. The number of carbonyl (C=O) groups is 1. The predicted octanol–water partition coefficient (Wildman–Crippen LogP) is 6.51. The van der Waals surface area contributed by atoms with E-state index >= 15 is 0 Å². The average Bonchev–Trinajstić information content (AvgIpc) is 2.95. The number of rotatable bonds is 5. The van der Waals surface area contributed by atoms with E-state index in [0.717, 1.165) is 23.9 Å². The molecule has 0 aliphatic carbocycles. The van der Waals surface area contributed by atoms with E-state index < -0.39 is 23.1 Å². The molecule has 0 saturated heterocycles. The van der Waals surface area contributed by atoms with Crippen LogP contribution in [0.25, 0.3) is 0 Å². The molecule has 0 spiro atoms. The number of unbranched alkanes of at least 4 members (excludes halogenated alkanes) is 1. The van der Waals surface area contributed by atoms with Crippen LogP contribution in [0.5, 0.6) is 0 Å². The number of nitrogens with zero attached hydrogens (tertiary/aromatic N) is 2. The zero-order valence-corrected chi connectivity index (χ0v) is 17.2. The molecular formula is C19H22ClF3N2OS. The summed E-state index contributed by atoms with van der Waals surface area (Å²) in [5, 5.41) is 0.324. The van der Waals surface area contributed by atoms with Crippen molar-refractivity contribution in [3.05, 3.63) is 50.8 Å². The Labute approximate surface area is 166 Å². The molecule has 0 saturated carbocycles. The van der Waals surface area contributed by atoms with E-state index in [1.807, 2.05) is 11.1 Å². The molecule has 1 aromatic heterocycles. The van der Waals surface area contributed by atoms with Crippen LogP contribution in [0.2, 0.25) is 5.15 Å². The molecule has 1 aliphatic rings. The molecule has 3 nitrogen and oxygen atoms in total. The number of alkyl halides is 3. The summed E-state index contributed by atoms with van der Waals surface area (Å²) in [6.45, 7) is 8.92. The van der Waals surface area contributed by atoms with E-state index in [4.69, 9.17) is 11.6 Å². The van der Waals surface area contributed by atoms with Crippen LogP contribution in [0.4, 0.5) is 13.2 Å². The molecule has 1 aliphatic heterocycles. The standard InChI is InChI=1S/C19H22ClF3N2OS/c1-5-6-7-25-11-15(18(2,3)4)27-17(25)9-14(26)12-10-24-16(20)8-13(12)19(21,22)23/h8-11H,5-7H2,1-4H3. The van der Waals surface area contributed by atoms with Gasteiger partial charge in [0.15, 0.2) is 5.78 Å². The van der Waals surface area contributed by atoms with Gasteiger partial charge in [0, 0.05) is 29.9 Å². The van der Waals surface area contributed by atoms with Crippen LogP contribution in [0.15, 0.2) is 34.5 Å². The summed E-state index contributed by atoms with van der Waals surface area (Å²) < 4.78 is 39.8. The number of allylic oxidation sites excluding steroid dienone is 2. The van der Waals surface area contributed by atoms with Gasteiger partial charge in [-0.15, -0.1) is 0 Å². The fourth-order valence-corrected chi connectivity index (χ4v) is 3.71. The van der Waals surface area contributed by atoms with E-state index in [1.165, 1.54) is 17.8 Å². The van der Waals surface area contributed by atoms with E-state index in [-0.39, 0.29) is 10.6 Å². The fourth-order valence-electron chi connectivity index (χ4n) is 2.42. The van der Waals surface area contributed by atoms with Gasteiger partial charge in [-0.1, -0.05) is 57.5 Å². The van der Waals surface area contributed by atoms with Gasteiger partial charge in [-0.25, -0.2) is 4.98 Å². The number of pyridine rings is 1. The molecule has 0 N–H and O–H groups in total. The van der Waals surface area contributed by atoms with Crippen molar-refractivity contribution in [2.75, 3.05) is 6.54 Å². The highest BCUT2D eigenvalue weighted by atomic mass is 35.5. The second kappa shape index (κ2) is 8.27. The quantitative estimate of drug-likeness (QED) is 0.310. The zero-order chi connectivity index (χ0) is 20.4. The van der Waals surface area contributed by atoms with E-state index in [0.29, 0.717) is 17.6 Å². The van der Waals surface area contributed by atoms with Crippen LogP contribution in [-0.4, -0.2) is 22.2 Å². The number of ketones is 1. The van der Waals surface area contributed by atoms with Gasteiger partial charge >= 0.3 is 6.18 Å². The first-order valence-corrected chi connectivity index (χ1v) is 9.78. The highest BCUT2D eigenvalue weighted by Gasteiger charge is 2.36. The van der Waals surface area contributed by atoms with Crippen molar-refractivity contribution in [1.29, 1.82) is 0 Å². The summed E-state index contributed by atoms with van der Waals surface area (Å²) >= 11 is 7.00. The van der Waals surface area contributed by atoms with Crippen molar-refractivity contribution in [3.8, 4) is 0 Å². The molecule has 0 amide bonds. The minimum Gasteiger partial charge on any atom is -0.342 e. The molecule has 0 aromatic carbocycles. The van der Waals surface area contributed by atoms with Gasteiger partial charge in [0.05, 0.1) is 16.2 Å². The minimum absolute atomic E-state index is 0.118. The topological polar surface area (TPSA) is 33.2 Å². The molecule has 0 fully saturated rings. The largest absolute Gasteiger partial charge is 0.417 e. The van der Waals surface area contributed by atoms with Gasteiger partial charge in [-0.2, -0.15) is 13.2 Å². The monoisotopic (exact) mass is 418 g/mol. The predicted molar refractivity (Wildman–Crippen MR) is 103 cm³/mol. The summed E-state index contributed by atoms with van der Waals surface area (Å²) in [5.41, 5.74) is -1.69. The lowest BCUT2D eigenvalue weighted by molar-refractivity contribution is -0.137. The van der Waals surface area contributed by atoms with E-state index in [1.54, 1.807) is 0 Å². The molecule has 0 unspecified atom stereocenters. The van der Waals surface area contributed by atoms with Crippen molar-refractivity contribution in [3.63, 3.8) is 0 Å². The van der Waals surface area contributed by atoms with Crippen molar-refractivity contribution >= 4 is 29.1 Å². The second-order valence-corrected chi connectivity index (χ2v) is 8.74. The molecule has 8 heteroatoms. The Balaban J connectivity index is 2.38. The summed E-state index contributed by atoms with van der Waals surface area (Å²) in [5.74, 6) is -0.737. The van der Waals surface area contributed by atoms with Gasteiger partial charge in [0.2, 0.25) is 0 Å². The summed E-state index contributed by atoms with van der Waals surface area (Å²) in [4.78, 5) is 19.3. The van der Waals surface area contributed by atoms with Crippen molar-refractivity contribution in [1.82, 2.24) is 9.88 Å². The van der Waals surface area contributed by atoms with Gasteiger partial charge in [0.1, 0.15) is 5.15 Å². The third-order valence-corrected chi connectivity index (χ3v) is 5.66. The summed E-state index contributed by atoms with van der Waals surface area (Å²) in [6.07, 6.45) is 1.32. The van der Waals surface area contributed by atoms with Crippen molar-refractivity contribution in [2.45, 2.75) is 46.7 Å². The molecule has 0 radical (unpaired) electrons. The van der Waals surface area contributed by atoms with Crippen LogP contribution in [-0.2, 0) is 6.18 Å². The first kappa shape index (κ1) is 21.8. The number of hydrogen-bond acceptors (Lipinski definition) is 4. The maximum Gasteiger partial charge on any atom is 0.417 e. The van der Waals surface area contributed by atoms with E-state index in [2.05, 4.69) is 32.7 Å².